The quantitative estimate of drug-likeness (QED) is 0.831. The van der Waals surface area contributed by atoms with Crippen LogP contribution in [0.4, 0.5) is 0 Å². The Balaban J connectivity index is 1.97. The molecule has 1 fully saturated rings. The summed E-state index contributed by atoms with van der Waals surface area (Å²) in [5.74, 6) is -0.498. The third kappa shape index (κ3) is 4.03. The molecule has 1 aliphatic heterocycles. The molecule has 0 radical (unpaired) electrons. The van der Waals surface area contributed by atoms with E-state index in [1.165, 1.54) is 17.0 Å². The Bertz CT molecular complexity index is 572. The lowest BCUT2D eigenvalue weighted by atomic mass is 10.2. The zero-order valence-corrected chi connectivity index (χ0v) is 12.5. The number of morpholine rings is 1. The lowest BCUT2D eigenvalue weighted by Crippen LogP contribution is -2.50. The smallest absolute Gasteiger partial charge is 0.224 e. The third-order valence-corrected chi connectivity index (χ3v) is 5.18. The summed E-state index contributed by atoms with van der Waals surface area (Å²) in [5.41, 5.74) is 0. The molecular formula is C14H19NO5S. The van der Waals surface area contributed by atoms with E-state index >= 15 is 0 Å². The maximum atomic E-state index is 12.1. The van der Waals surface area contributed by atoms with Gasteiger partial charge in [-0.15, -0.1) is 0 Å². The second kappa shape index (κ2) is 7.02. The van der Waals surface area contributed by atoms with Crippen molar-refractivity contribution in [1.29, 1.82) is 0 Å². The predicted molar refractivity (Wildman–Crippen MR) is 76.5 cm³/mol. The van der Waals surface area contributed by atoms with Gasteiger partial charge in [-0.1, -0.05) is 18.2 Å². The Labute approximate surface area is 124 Å². The van der Waals surface area contributed by atoms with E-state index in [1.807, 2.05) is 0 Å². The van der Waals surface area contributed by atoms with E-state index in [0.717, 1.165) is 0 Å². The van der Waals surface area contributed by atoms with Crippen LogP contribution in [0.25, 0.3) is 0 Å². The fourth-order valence-corrected chi connectivity index (χ4v) is 3.50. The van der Waals surface area contributed by atoms with Gasteiger partial charge in [0.2, 0.25) is 5.91 Å². The van der Waals surface area contributed by atoms with Gasteiger partial charge in [0.1, 0.15) is 0 Å². The average molecular weight is 313 g/mol. The van der Waals surface area contributed by atoms with Gasteiger partial charge in [0, 0.05) is 13.0 Å². The summed E-state index contributed by atoms with van der Waals surface area (Å²) in [6, 6.07) is 7.70. The topological polar surface area (TPSA) is 83.9 Å². The first-order valence-electron chi connectivity index (χ1n) is 6.80. The van der Waals surface area contributed by atoms with E-state index in [2.05, 4.69) is 0 Å². The molecule has 0 bridgehead atoms. The van der Waals surface area contributed by atoms with Crippen LogP contribution >= 0.6 is 0 Å². The van der Waals surface area contributed by atoms with Crippen molar-refractivity contribution >= 4 is 15.7 Å². The van der Waals surface area contributed by atoms with E-state index in [-0.39, 0.29) is 42.2 Å². The van der Waals surface area contributed by atoms with Crippen molar-refractivity contribution < 1.29 is 23.1 Å². The number of ether oxygens (including phenoxy) is 1. The summed E-state index contributed by atoms with van der Waals surface area (Å²) in [6.07, 6.45) is -0.0896. The van der Waals surface area contributed by atoms with Gasteiger partial charge in [-0.2, -0.15) is 0 Å². The molecule has 2 rings (SSSR count). The van der Waals surface area contributed by atoms with E-state index in [9.17, 15) is 18.3 Å². The number of carbonyl (C=O) groups is 1. The van der Waals surface area contributed by atoms with Crippen molar-refractivity contribution in [3.05, 3.63) is 30.3 Å². The molecule has 1 heterocycles. The number of hydrogen-bond donors (Lipinski definition) is 1. The summed E-state index contributed by atoms with van der Waals surface area (Å²) in [4.78, 5) is 13.9. The fourth-order valence-electron chi connectivity index (χ4n) is 2.25. The molecule has 1 atom stereocenters. The zero-order valence-electron chi connectivity index (χ0n) is 11.6. The van der Waals surface area contributed by atoms with Crippen LogP contribution in [-0.4, -0.2) is 62.5 Å². The highest BCUT2D eigenvalue weighted by Crippen LogP contribution is 2.13. The minimum atomic E-state index is -3.46. The Morgan fingerprint density at radius 2 is 2.05 bits per heavy atom. The minimum absolute atomic E-state index is 0.0896. The number of nitrogens with zero attached hydrogens (tertiary/aromatic N) is 1. The summed E-state index contributed by atoms with van der Waals surface area (Å²) >= 11 is 0. The molecule has 1 saturated heterocycles. The molecule has 0 aromatic heterocycles. The number of carbonyl (C=O) groups excluding carboxylic acids is 1. The Kier molecular flexibility index (Phi) is 5.33. The number of rotatable bonds is 5. The fraction of sp³-hybridized carbons (Fsp3) is 0.500. The monoisotopic (exact) mass is 313 g/mol. The lowest BCUT2D eigenvalue weighted by molar-refractivity contribution is -0.141. The van der Waals surface area contributed by atoms with Crippen LogP contribution in [0.3, 0.4) is 0 Å². The van der Waals surface area contributed by atoms with Crippen molar-refractivity contribution in [1.82, 2.24) is 4.90 Å². The third-order valence-electron chi connectivity index (χ3n) is 3.45. The van der Waals surface area contributed by atoms with Gasteiger partial charge in [-0.3, -0.25) is 4.79 Å². The molecule has 116 valence electrons. The number of amides is 1. The molecule has 1 aromatic carbocycles. The largest absolute Gasteiger partial charge is 0.394 e. The number of aliphatic hydroxyl groups excluding tert-OH is 1. The molecule has 0 saturated carbocycles. The van der Waals surface area contributed by atoms with Gasteiger partial charge in [0.05, 0.1) is 36.5 Å². The van der Waals surface area contributed by atoms with Crippen LogP contribution in [0.15, 0.2) is 35.2 Å². The number of benzene rings is 1. The molecule has 1 amide bonds. The summed E-state index contributed by atoms with van der Waals surface area (Å²) < 4.78 is 29.4. The Morgan fingerprint density at radius 1 is 1.33 bits per heavy atom. The molecule has 0 spiro atoms. The van der Waals surface area contributed by atoms with Crippen molar-refractivity contribution in [3.8, 4) is 0 Å². The van der Waals surface area contributed by atoms with Crippen LogP contribution in [0.1, 0.15) is 6.42 Å². The highest BCUT2D eigenvalue weighted by molar-refractivity contribution is 7.91. The first-order valence-corrected chi connectivity index (χ1v) is 8.45. The molecule has 7 heteroatoms. The van der Waals surface area contributed by atoms with E-state index in [1.54, 1.807) is 18.2 Å². The normalized spacial score (nSPS) is 19.5. The zero-order chi connectivity index (χ0) is 15.3. The van der Waals surface area contributed by atoms with Gasteiger partial charge < -0.3 is 14.7 Å². The van der Waals surface area contributed by atoms with Crippen LogP contribution in [-0.2, 0) is 19.4 Å². The van der Waals surface area contributed by atoms with Crippen molar-refractivity contribution in [2.24, 2.45) is 0 Å². The number of hydrogen-bond acceptors (Lipinski definition) is 5. The average Bonchev–Trinajstić information content (AvgIpc) is 2.53. The molecule has 1 unspecified atom stereocenters. The maximum Gasteiger partial charge on any atom is 0.224 e. The Hall–Kier alpha value is -1.44. The first kappa shape index (κ1) is 15.9. The van der Waals surface area contributed by atoms with Gasteiger partial charge in [0.25, 0.3) is 0 Å². The molecule has 0 aliphatic carbocycles. The van der Waals surface area contributed by atoms with Gasteiger partial charge in [0.15, 0.2) is 9.84 Å². The van der Waals surface area contributed by atoms with Crippen molar-refractivity contribution in [2.75, 3.05) is 32.1 Å². The van der Waals surface area contributed by atoms with Crippen LogP contribution in [0, 0.1) is 0 Å². The summed E-state index contributed by atoms with van der Waals surface area (Å²) in [6.45, 7) is 0.897. The second-order valence-corrected chi connectivity index (χ2v) is 6.99. The molecule has 6 nitrogen and oxygen atoms in total. The number of sulfone groups is 1. The Morgan fingerprint density at radius 3 is 2.71 bits per heavy atom. The molecule has 1 aliphatic rings. The summed E-state index contributed by atoms with van der Waals surface area (Å²) in [7, 11) is -3.46. The lowest BCUT2D eigenvalue weighted by Gasteiger charge is -2.34. The molecule has 1 N–H and O–H groups in total. The van der Waals surface area contributed by atoms with Crippen LogP contribution in [0.2, 0.25) is 0 Å². The highest BCUT2D eigenvalue weighted by Gasteiger charge is 2.27. The first-order chi connectivity index (χ1) is 10.0. The van der Waals surface area contributed by atoms with Gasteiger partial charge in [-0.05, 0) is 12.1 Å². The highest BCUT2D eigenvalue weighted by atomic mass is 32.2. The maximum absolute atomic E-state index is 12.1. The van der Waals surface area contributed by atoms with Crippen LogP contribution in [0.5, 0.6) is 0 Å². The van der Waals surface area contributed by atoms with E-state index < -0.39 is 9.84 Å². The molecule has 21 heavy (non-hydrogen) atoms. The SMILES string of the molecule is O=C(CCS(=O)(=O)c1ccccc1)N1CCOCC1CO. The second-order valence-electron chi connectivity index (χ2n) is 4.88. The van der Waals surface area contributed by atoms with Crippen molar-refractivity contribution in [3.63, 3.8) is 0 Å². The van der Waals surface area contributed by atoms with E-state index in [0.29, 0.717) is 13.2 Å². The van der Waals surface area contributed by atoms with Gasteiger partial charge in [-0.25, -0.2) is 8.42 Å². The van der Waals surface area contributed by atoms with Gasteiger partial charge >= 0.3 is 0 Å². The molecule has 1 aromatic rings. The summed E-state index contributed by atoms with van der Waals surface area (Å²) in [5, 5.41) is 9.22. The van der Waals surface area contributed by atoms with E-state index in [4.69, 9.17) is 4.74 Å². The van der Waals surface area contributed by atoms with Crippen molar-refractivity contribution in [2.45, 2.75) is 17.4 Å². The van der Waals surface area contributed by atoms with Crippen LogP contribution < -0.4 is 0 Å². The standard InChI is InChI=1S/C14H19NO5S/c16-10-12-11-20-8-7-15(12)14(17)6-9-21(18,19)13-4-2-1-3-5-13/h1-5,12,16H,6-11H2. The predicted octanol–water partition coefficient (Wildman–Crippen LogP) is 0.0701. The molecular weight excluding hydrogens is 294 g/mol. The number of aliphatic hydroxyl groups is 1. The minimum Gasteiger partial charge on any atom is -0.394 e.